The summed E-state index contributed by atoms with van der Waals surface area (Å²) in [7, 11) is 0. The van der Waals surface area contributed by atoms with Gasteiger partial charge in [0.15, 0.2) is 0 Å². The zero-order valence-corrected chi connectivity index (χ0v) is 23.5. The molecule has 0 bridgehead atoms. The fraction of sp³-hybridized carbons (Fsp3) is 0.367. The molecule has 3 rings (SSSR count). The molecule has 3 amide bonds. The van der Waals surface area contributed by atoms with Crippen molar-refractivity contribution >= 4 is 40.6 Å². The molecule has 8 N–H and O–H groups in total. The molecular weight excluding hydrogens is 542 g/mol. The summed E-state index contributed by atoms with van der Waals surface area (Å²) < 4.78 is 0. The number of fused-ring (bicyclic) bond motifs is 1. The van der Waals surface area contributed by atoms with Gasteiger partial charge in [0.1, 0.15) is 18.1 Å². The van der Waals surface area contributed by atoms with E-state index in [0.717, 1.165) is 16.5 Å². The number of carboxylic acid groups (broad SMARTS) is 2. The van der Waals surface area contributed by atoms with Crippen LogP contribution in [0.5, 0.6) is 0 Å². The number of aliphatic carboxylic acids is 2. The maximum atomic E-state index is 13.6. The largest absolute Gasteiger partial charge is 0.481 e. The molecule has 0 radical (unpaired) electrons. The van der Waals surface area contributed by atoms with Crippen LogP contribution >= 0.6 is 0 Å². The van der Waals surface area contributed by atoms with Gasteiger partial charge in [0.05, 0.1) is 12.5 Å². The fourth-order valence-corrected chi connectivity index (χ4v) is 4.56. The lowest BCUT2D eigenvalue weighted by Gasteiger charge is -2.28. The van der Waals surface area contributed by atoms with Gasteiger partial charge < -0.3 is 36.9 Å². The van der Waals surface area contributed by atoms with Gasteiger partial charge in [-0.15, -0.1) is 0 Å². The Labute approximate surface area is 243 Å². The van der Waals surface area contributed by atoms with Crippen molar-refractivity contribution in [1.29, 1.82) is 0 Å². The molecule has 0 fully saturated rings. The number of carbonyl (C=O) groups excluding carboxylic acids is 3. The first-order valence-electron chi connectivity index (χ1n) is 13.7. The normalized spacial score (nSPS) is 14.6. The molecule has 224 valence electrons. The van der Waals surface area contributed by atoms with E-state index in [1.165, 1.54) is 0 Å². The predicted octanol–water partition coefficient (Wildman–Crippen LogP) is 1.34. The number of carbonyl (C=O) groups is 5. The van der Waals surface area contributed by atoms with Crippen LogP contribution in [0.15, 0.2) is 60.8 Å². The van der Waals surface area contributed by atoms with Gasteiger partial charge in [-0.25, -0.2) is 4.79 Å². The summed E-state index contributed by atoms with van der Waals surface area (Å²) in [5, 5.41) is 27.0. The van der Waals surface area contributed by atoms with Gasteiger partial charge in [-0.1, -0.05) is 68.8 Å². The lowest BCUT2D eigenvalue weighted by Crippen LogP contribution is -2.59. The topological polar surface area (TPSA) is 204 Å². The number of rotatable bonds is 15. The van der Waals surface area contributed by atoms with Crippen LogP contribution in [0.4, 0.5) is 0 Å². The number of hydrogen-bond acceptors (Lipinski definition) is 6. The summed E-state index contributed by atoms with van der Waals surface area (Å²) in [6.45, 7) is 3.62. The summed E-state index contributed by atoms with van der Waals surface area (Å²) in [6, 6.07) is 11.6. The second-order valence-electron chi connectivity index (χ2n) is 10.3. The third-order valence-corrected chi connectivity index (χ3v) is 7.15. The first-order chi connectivity index (χ1) is 20.0. The van der Waals surface area contributed by atoms with Crippen LogP contribution in [-0.4, -0.2) is 69.0 Å². The smallest absolute Gasteiger partial charge is 0.326 e. The molecule has 0 spiro atoms. The Morgan fingerprint density at radius 3 is 2.12 bits per heavy atom. The summed E-state index contributed by atoms with van der Waals surface area (Å²) in [5.74, 6) is -5.35. The van der Waals surface area contributed by atoms with Crippen LogP contribution in [0.3, 0.4) is 0 Å². The van der Waals surface area contributed by atoms with Crippen LogP contribution in [0, 0.1) is 5.92 Å². The van der Waals surface area contributed by atoms with Crippen molar-refractivity contribution in [2.75, 3.05) is 0 Å². The summed E-state index contributed by atoms with van der Waals surface area (Å²) in [5.41, 5.74) is 8.46. The van der Waals surface area contributed by atoms with Crippen molar-refractivity contribution in [1.82, 2.24) is 20.9 Å². The van der Waals surface area contributed by atoms with E-state index in [0.29, 0.717) is 12.0 Å². The molecule has 12 nitrogen and oxygen atoms in total. The highest BCUT2D eigenvalue weighted by Crippen LogP contribution is 2.20. The lowest BCUT2D eigenvalue weighted by molar-refractivity contribution is -0.147. The fourth-order valence-electron chi connectivity index (χ4n) is 4.56. The molecule has 1 aromatic heterocycles. The Balaban J connectivity index is 1.83. The van der Waals surface area contributed by atoms with Crippen LogP contribution in [-0.2, 0) is 36.8 Å². The molecule has 42 heavy (non-hydrogen) atoms. The first kappa shape index (κ1) is 31.8. The van der Waals surface area contributed by atoms with Gasteiger partial charge in [0.25, 0.3) is 0 Å². The predicted molar refractivity (Wildman–Crippen MR) is 155 cm³/mol. The van der Waals surface area contributed by atoms with Crippen LogP contribution in [0.2, 0.25) is 0 Å². The highest BCUT2D eigenvalue weighted by atomic mass is 16.4. The number of nitrogens with two attached hydrogens (primary N) is 1. The maximum Gasteiger partial charge on any atom is 0.326 e. The molecule has 5 atom stereocenters. The summed E-state index contributed by atoms with van der Waals surface area (Å²) in [4.78, 5) is 65.8. The minimum atomic E-state index is -1.71. The Kier molecular flexibility index (Phi) is 11.2. The molecule has 5 unspecified atom stereocenters. The molecule has 0 aliphatic heterocycles. The second-order valence-corrected chi connectivity index (χ2v) is 10.3. The van der Waals surface area contributed by atoms with E-state index in [4.69, 9.17) is 10.8 Å². The SMILES string of the molecule is CCC(C)C(NC(=O)C(N)Cc1ccccc1)C(=O)NC(Cc1c[nH]c2ccccc12)C(=O)NC(CC(=O)O)C(=O)O. The number of hydrogen-bond donors (Lipinski definition) is 7. The summed E-state index contributed by atoms with van der Waals surface area (Å²) in [6.07, 6.45) is 1.58. The second kappa shape index (κ2) is 14.8. The number of H-pyrrole nitrogens is 1. The molecule has 0 saturated heterocycles. The van der Waals surface area contributed by atoms with Crippen molar-refractivity contribution in [3.05, 3.63) is 71.9 Å². The van der Waals surface area contributed by atoms with Crippen molar-refractivity contribution in [2.45, 2.75) is 63.7 Å². The van der Waals surface area contributed by atoms with Crippen molar-refractivity contribution in [3.8, 4) is 0 Å². The molecular formula is C30H37N5O7. The first-order valence-corrected chi connectivity index (χ1v) is 13.7. The van der Waals surface area contributed by atoms with Crippen molar-refractivity contribution in [2.24, 2.45) is 11.7 Å². The van der Waals surface area contributed by atoms with Gasteiger partial charge in [0, 0.05) is 23.5 Å². The number of amides is 3. The van der Waals surface area contributed by atoms with Crippen LogP contribution < -0.4 is 21.7 Å². The zero-order chi connectivity index (χ0) is 30.8. The molecule has 1 heterocycles. The Morgan fingerprint density at radius 2 is 1.48 bits per heavy atom. The molecule has 0 saturated carbocycles. The highest BCUT2D eigenvalue weighted by molar-refractivity contribution is 5.95. The number of para-hydroxylation sites is 1. The highest BCUT2D eigenvalue weighted by Gasteiger charge is 2.33. The number of nitrogens with one attached hydrogen (secondary N) is 4. The van der Waals surface area contributed by atoms with E-state index in [1.54, 1.807) is 13.1 Å². The van der Waals surface area contributed by atoms with E-state index in [2.05, 4.69) is 20.9 Å². The monoisotopic (exact) mass is 579 g/mol. The number of aromatic nitrogens is 1. The minimum absolute atomic E-state index is 0.0321. The average Bonchev–Trinajstić information content (AvgIpc) is 3.37. The van der Waals surface area contributed by atoms with Gasteiger partial charge in [-0.3, -0.25) is 19.2 Å². The van der Waals surface area contributed by atoms with Gasteiger partial charge in [-0.2, -0.15) is 0 Å². The average molecular weight is 580 g/mol. The lowest BCUT2D eigenvalue weighted by atomic mass is 9.96. The quantitative estimate of drug-likeness (QED) is 0.140. The molecule has 12 heteroatoms. The zero-order valence-electron chi connectivity index (χ0n) is 23.5. The van der Waals surface area contributed by atoms with E-state index in [9.17, 15) is 29.1 Å². The molecule has 2 aromatic carbocycles. The number of carboxylic acids is 2. The standard InChI is InChI=1S/C30H37N5O7/c1-3-17(2)26(35-27(38)21(31)13-18-9-5-4-6-10-18)29(40)33-23(28(39)34-24(30(41)42)15-25(36)37)14-19-16-32-22-12-8-7-11-20(19)22/h4-12,16-17,21,23-24,26,32H,3,13-15,31H2,1-2H3,(H,33,40)(H,34,39)(H,35,38)(H,36,37)(H,41,42). The third-order valence-electron chi connectivity index (χ3n) is 7.15. The van der Waals surface area contributed by atoms with Crippen molar-refractivity contribution < 1.29 is 34.2 Å². The van der Waals surface area contributed by atoms with Gasteiger partial charge >= 0.3 is 11.9 Å². The molecule has 0 aliphatic carbocycles. The number of benzene rings is 2. The number of aromatic amines is 1. The van der Waals surface area contributed by atoms with Gasteiger partial charge in [-0.05, 0) is 29.5 Å². The third kappa shape index (κ3) is 8.64. The van der Waals surface area contributed by atoms with E-state index < -0.39 is 60.2 Å². The van der Waals surface area contributed by atoms with E-state index in [1.807, 2.05) is 61.5 Å². The molecule has 3 aromatic rings. The molecule has 0 aliphatic rings. The van der Waals surface area contributed by atoms with Gasteiger partial charge in [0.2, 0.25) is 17.7 Å². The maximum absolute atomic E-state index is 13.6. The summed E-state index contributed by atoms with van der Waals surface area (Å²) >= 11 is 0. The van der Waals surface area contributed by atoms with Crippen molar-refractivity contribution in [3.63, 3.8) is 0 Å². The van der Waals surface area contributed by atoms with E-state index >= 15 is 0 Å². The van der Waals surface area contributed by atoms with Crippen LogP contribution in [0.1, 0.15) is 37.8 Å². The van der Waals surface area contributed by atoms with Crippen LogP contribution in [0.25, 0.3) is 10.9 Å². The van der Waals surface area contributed by atoms with E-state index in [-0.39, 0.29) is 18.8 Å². The Bertz CT molecular complexity index is 1410. The Hall–Kier alpha value is -4.71. The Morgan fingerprint density at radius 1 is 0.833 bits per heavy atom. The minimum Gasteiger partial charge on any atom is -0.481 e.